The second kappa shape index (κ2) is 9.35. The molecule has 0 aliphatic carbocycles. The summed E-state index contributed by atoms with van der Waals surface area (Å²) in [6.07, 6.45) is 3.18. The molecule has 0 amide bonds. The number of unbranched alkanes of at least 4 members (excludes halogenated alkanes) is 1. The lowest BCUT2D eigenvalue weighted by molar-refractivity contribution is 0.0932. The summed E-state index contributed by atoms with van der Waals surface area (Å²) in [4.78, 5) is 0. The van der Waals surface area contributed by atoms with Crippen LogP contribution in [0.4, 0.5) is 0 Å². The van der Waals surface area contributed by atoms with Gasteiger partial charge in [-0.3, -0.25) is 0 Å². The molecule has 0 radical (unpaired) electrons. The van der Waals surface area contributed by atoms with Crippen LogP contribution in [0.2, 0.25) is 0 Å². The molecular formula is C25H28O. The van der Waals surface area contributed by atoms with Crippen LogP contribution in [0.3, 0.4) is 0 Å². The molecule has 0 fully saturated rings. The van der Waals surface area contributed by atoms with E-state index in [0.29, 0.717) is 6.61 Å². The fourth-order valence-electron chi connectivity index (χ4n) is 3.54. The van der Waals surface area contributed by atoms with E-state index in [1.807, 2.05) is 0 Å². The molecule has 3 rings (SSSR count). The first kappa shape index (κ1) is 18.4. The molecule has 26 heavy (non-hydrogen) atoms. The molecule has 1 heteroatoms. The Morgan fingerprint density at radius 3 is 1.69 bits per heavy atom. The second-order valence-corrected chi connectivity index (χ2v) is 6.88. The van der Waals surface area contributed by atoms with E-state index in [1.165, 1.54) is 16.7 Å². The maximum absolute atomic E-state index is 6.22. The number of rotatable bonds is 9. The molecule has 0 saturated carbocycles. The maximum Gasteiger partial charge on any atom is 0.0606 e. The van der Waals surface area contributed by atoms with E-state index in [2.05, 4.69) is 97.9 Å². The van der Waals surface area contributed by atoms with Crippen LogP contribution in [0.25, 0.3) is 0 Å². The van der Waals surface area contributed by atoms with Crippen molar-refractivity contribution in [3.8, 4) is 0 Å². The summed E-state index contributed by atoms with van der Waals surface area (Å²) < 4.78 is 6.22. The molecule has 0 aliphatic heterocycles. The van der Waals surface area contributed by atoms with E-state index < -0.39 is 0 Å². The maximum atomic E-state index is 6.22. The van der Waals surface area contributed by atoms with Crippen LogP contribution in [0, 0.1) is 0 Å². The van der Waals surface area contributed by atoms with E-state index in [1.54, 1.807) is 0 Å². The molecule has 1 nitrogen and oxygen atoms in total. The first-order valence-corrected chi connectivity index (χ1v) is 9.58. The summed E-state index contributed by atoms with van der Waals surface area (Å²) in [5, 5.41) is 0. The Balaban J connectivity index is 2.04. The lowest BCUT2D eigenvalue weighted by atomic mass is 9.71. The molecule has 0 saturated heterocycles. The number of benzene rings is 3. The van der Waals surface area contributed by atoms with Crippen molar-refractivity contribution < 1.29 is 4.74 Å². The number of hydrogen-bond donors (Lipinski definition) is 0. The van der Waals surface area contributed by atoms with Crippen LogP contribution in [0.5, 0.6) is 0 Å². The van der Waals surface area contributed by atoms with Crippen LogP contribution in [0.1, 0.15) is 36.5 Å². The third-order valence-electron chi connectivity index (χ3n) is 4.99. The van der Waals surface area contributed by atoms with Gasteiger partial charge in [-0.05, 0) is 29.5 Å². The Labute approximate surface area is 157 Å². The number of ether oxygens (including phenoxy) is 1. The Hall–Kier alpha value is -2.38. The highest BCUT2D eigenvalue weighted by Crippen LogP contribution is 2.36. The molecule has 0 N–H and O–H groups in total. The van der Waals surface area contributed by atoms with E-state index in [0.717, 1.165) is 25.9 Å². The van der Waals surface area contributed by atoms with Gasteiger partial charge < -0.3 is 4.74 Å². The molecule has 0 spiro atoms. The second-order valence-electron chi connectivity index (χ2n) is 6.88. The van der Waals surface area contributed by atoms with E-state index >= 15 is 0 Å². The van der Waals surface area contributed by atoms with Gasteiger partial charge in [-0.25, -0.2) is 0 Å². The predicted molar refractivity (Wildman–Crippen MR) is 110 cm³/mol. The molecular weight excluding hydrogens is 316 g/mol. The monoisotopic (exact) mass is 344 g/mol. The standard InChI is InChI=1S/C25H28O/c1-2-3-19-26-21-25(23-15-9-5-10-16-23,24-17-11-6-12-18-24)20-22-13-7-4-8-14-22/h4-18H,2-3,19-21H2,1H3. The van der Waals surface area contributed by atoms with Gasteiger partial charge in [-0.2, -0.15) is 0 Å². The molecule has 0 heterocycles. The van der Waals surface area contributed by atoms with Gasteiger partial charge in [0, 0.05) is 12.0 Å². The predicted octanol–water partition coefficient (Wildman–Crippen LogP) is 6.03. The van der Waals surface area contributed by atoms with Crippen molar-refractivity contribution in [3.63, 3.8) is 0 Å². The highest BCUT2D eigenvalue weighted by molar-refractivity contribution is 5.42. The summed E-state index contributed by atoms with van der Waals surface area (Å²) in [5.74, 6) is 0. The van der Waals surface area contributed by atoms with Gasteiger partial charge in [0.2, 0.25) is 0 Å². The molecule has 3 aromatic rings. The van der Waals surface area contributed by atoms with Crippen LogP contribution < -0.4 is 0 Å². The summed E-state index contributed by atoms with van der Waals surface area (Å²) >= 11 is 0. The fraction of sp³-hybridized carbons (Fsp3) is 0.280. The molecule has 0 atom stereocenters. The zero-order valence-electron chi connectivity index (χ0n) is 15.6. The Morgan fingerprint density at radius 1 is 0.692 bits per heavy atom. The average molecular weight is 344 g/mol. The third-order valence-corrected chi connectivity index (χ3v) is 4.99. The minimum atomic E-state index is -0.183. The smallest absolute Gasteiger partial charge is 0.0606 e. The molecule has 0 aromatic heterocycles. The fourth-order valence-corrected chi connectivity index (χ4v) is 3.54. The lowest BCUT2D eigenvalue weighted by Crippen LogP contribution is -2.36. The first-order valence-electron chi connectivity index (χ1n) is 9.58. The van der Waals surface area contributed by atoms with Crippen molar-refractivity contribution in [1.82, 2.24) is 0 Å². The van der Waals surface area contributed by atoms with Crippen molar-refractivity contribution in [2.24, 2.45) is 0 Å². The Kier molecular flexibility index (Phi) is 6.62. The molecule has 0 bridgehead atoms. The third kappa shape index (κ3) is 4.42. The lowest BCUT2D eigenvalue weighted by Gasteiger charge is -2.35. The molecule has 134 valence electrons. The molecule has 0 unspecified atom stereocenters. The van der Waals surface area contributed by atoms with Gasteiger partial charge in [-0.1, -0.05) is 104 Å². The van der Waals surface area contributed by atoms with Gasteiger partial charge in [0.1, 0.15) is 0 Å². The first-order chi connectivity index (χ1) is 12.8. The van der Waals surface area contributed by atoms with Crippen molar-refractivity contribution in [2.75, 3.05) is 13.2 Å². The van der Waals surface area contributed by atoms with Crippen molar-refractivity contribution in [3.05, 3.63) is 108 Å². The largest absolute Gasteiger partial charge is 0.380 e. The zero-order valence-corrected chi connectivity index (χ0v) is 15.6. The van der Waals surface area contributed by atoms with Gasteiger partial charge >= 0.3 is 0 Å². The van der Waals surface area contributed by atoms with Crippen molar-refractivity contribution in [1.29, 1.82) is 0 Å². The highest BCUT2D eigenvalue weighted by Gasteiger charge is 2.34. The van der Waals surface area contributed by atoms with Gasteiger partial charge in [0.15, 0.2) is 0 Å². The van der Waals surface area contributed by atoms with Crippen molar-refractivity contribution >= 4 is 0 Å². The van der Waals surface area contributed by atoms with E-state index in [4.69, 9.17) is 4.74 Å². The minimum Gasteiger partial charge on any atom is -0.380 e. The highest BCUT2D eigenvalue weighted by atomic mass is 16.5. The van der Waals surface area contributed by atoms with Gasteiger partial charge in [-0.15, -0.1) is 0 Å². The van der Waals surface area contributed by atoms with Crippen LogP contribution in [-0.4, -0.2) is 13.2 Å². The topological polar surface area (TPSA) is 9.23 Å². The quantitative estimate of drug-likeness (QED) is 0.430. The zero-order chi connectivity index (χ0) is 18.1. The summed E-state index contributed by atoms with van der Waals surface area (Å²) in [7, 11) is 0. The normalized spacial score (nSPS) is 11.4. The Morgan fingerprint density at radius 2 is 1.19 bits per heavy atom. The number of hydrogen-bond acceptors (Lipinski definition) is 1. The average Bonchev–Trinajstić information content (AvgIpc) is 2.72. The van der Waals surface area contributed by atoms with Crippen molar-refractivity contribution in [2.45, 2.75) is 31.6 Å². The van der Waals surface area contributed by atoms with Crippen LogP contribution in [-0.2, 0) is 16.6 Å². The van der Waals surface area contributed by atoms with Gasteiger partial charge in [0.25, 0.3) is 0 Å². The summed E-state index contributed by atoms with van der Waals surface area (Å²) in [6, 6.07) is 32.4. The van der Waals surface area contributed by atoms with Crippen LogP contribution in [0.15, 0.2) is 91.0 Å². The SMILES string of the molecule is CCCCOCC(Cc1ccccc1)(c1ccccc1)c1ccccc1. The van der Waals surface area contributed by atoms with Crippen LogP contribution >= 0.6 is 0 Å². The molecule has 0 aliphatic rings. The Bertz CT molecular complexity index is 710. The van der Waals surface area contributed by atoms with E-state index in [9.17, 15) is 0 Å². The summed E-state index contributed by atoms with van der Waals surface area (Å²) in [5.41, 5.74) is 3.77. The van der Waals surface area contributed by atoms with E-state index in [-0.39, 0.29) is 5.41 Å². The summed E-state index contributed by atoms with van der Waals surface area (Å²) in [6.45, 7) is 3.71. The molecule has 3 aromatic carbocycles. The van der Waals surface area contributed by atoms with Gasteiger partial charge in [0.05, 0.1) is 6.61 Å². The minimum absolute atomic E-state index is 0.183.